The topological polar surface area (TPSA) is 21.3 Å². The van der Waals surface area contributed by atoms with Gasteiger partial charge in [-0.1, -0.05) is 47.1 Å². The van der Waals surface area contributed by atoms with E-state index in [4.69, 9.17) is 4.74 Å². The summed E-state index contributed by atoms with van der Waals surface area (Å²) in [7, 11) is 1.48. The number of rotatable bonds is 6. The predicted molar refractivity (Wildman–Crippen MR) is 87.2 cm³/mol. The van der Waals surface area contributed by atoms with Crippen molar-refractivity contribution in [2.45, 2.75) is 19.4 Å². The number of likely N-dealkylation sites (N-methyl/N-ethyl adjacent to an activating group) is 1. The van der Waals surface area contributed by atoms with E-state index < -0.39 is 0 Å². The first-order valence-electron chi connectivity index (χ1n) is 6.96. The molecule has 0 aromatic heterocycles. The number of methoxy groups -OCH3 is 1. The normalized spacial score (nSPS) is 12.2. The van der Waals surface area contributed by atoms with Crippen LogP contribution in [-0.4, -0.2) is 13.7 Å². The highest BCUT2D eigenvalue weighted by Gasteiger charge is 2.15. The van der Waals surface area contributed by atoms with Gasteiger partial charge in [0.15, 0.2) is 11.6 Å². The first-order chi connectivity index (χ1) is 10.2. The number of benzene rings is 2. The van der Waals surface area contributed by atoms with Gasteiger partial charge in [0, 0.05) is 10.5 Å². The Balaban J connectivity index is 2.26. The molecule has 2 rings (SSSR count). The highest BCUT2D eigenvalue weighted by Crippen LogP contribution is 2.26. The van der Waals surface area contributed by atoms with Crippen molar-refractivity contribution >= 4 is 15.9 Å². The lowest BCUT2D eigenvalue weighted by molar-refractivity contribution is 0.382. The fourth-order valence-corrected chi connectivity index (χ4v) is 2.61. The van der Waals surface area contributed by atoms with Crippen LogP contribution in [0.4, 0.5) is 4.39 Å². The summed E-state index contributed by atoms with van der Waals surface area (Å²) in [5.41, 5.74) is 1.80. The zero-order valence-electron chi connectivity index (χ0n) is 12.2. The molecule has 4 heteroatoms. The summed E-state index contributed by atoms with van der Waals surface area (Å²) in [6.07, 6.45) is 0.582. The van der Waals surface area contributed by atoms with Gasteiger partial charge in [0.25, 0.3) is 0 Å². The molecule has 21 heavy (non-hydrogen) atoms. The smallest absolute Gasteiger partial charge is 0.168 e. The van der Waals surface area contributed by atoms with E-state index in [1.54, 1.807) is 12.1 Å². The molecule has 1 atom stereocenters. The lowest BCUT2D eigenvalue weighted by atomic mass is 9.98. The van der Waals surface area contributed by atoms with Crippen molar-refractivity contribution in [1.82, 2.24) is 5.32 Å². The number of nitrogens with one attached hydrogen (secondary N) is 1. The van der Waals surface area contributed by atoms with Gasteiger partial charge < -0.3 is 10.1 Å². The zero-order valence-corrected chi connectivity index (χ0v) is 13.8. The van der Waals surface area contributed by atoms with Crippen molar-refractivity contribution in [2.24, 2.45) is 0 Å². The summed E-state index contributed by atoms with van der Waals surface area (Å²) in [5.74, 6) is 0.0126. The van der Waals surface area contributed by atoms with E-state index in [0.29, 0.717) is 17.7 Å². The molecule has 0 radical (unpaired) electrons. The van der Waals surface area contributed by atoms with Crippen molar-refractivity contribution in [3.63, 3.8) is 0 Å². The lowest BCUT2D eigenvalue weighted by Gasteiger charge is -2.19. The molecule has 0 amide bonds. The summed E-state index contributed by atoms with van der Waals surface area (Å²) in [6, 6.07) is 13.4. The highest BCUT2D eigenvalue weighted by molar-refractivity contribution is 9.10. The van der Waals surface area contributed by atoms with Gasteiger partial charge in [-0.05, 0) is 42.3 Å². The van der Waals surface area contributed by atoms with Crippen LogP contribution in [0.3, 0.4) is 0 Å². The van der Waals surface area contributed by atoms with Gasteiger partial charge in [-0.15, -0.1) is 0 Å². The van der Waals surface area contributed by atoms with E-state index in [1.807, 2.05) is 25.1 Å². The van der Waals surface area contributed by atoms with Gasteiger partial charge >= 0.3 is 0 Å². The third-order valence-electron chi connectivity index (χ3n) is 3.41. The minimum Gasteiger partial charge on any atom is -0.494 e. The van der Waals surface area contributed by atoms with E-state index in [2.05, 4.69) is 33.4 Å². The van der Waals surface area contributed by atoms with Gasteiger partial charge in [0.05, 0.1) is 7.11 Å². The summed E-state index contributed by atoms with van der Waals surface area (Å²) < 4.78 is 20.4. The fraction of sp³-hybridized carbons (Fsp3) is 0.294. The number of hydrogen-bond acceptors (Lipinski definition) is 2. The average molecular weight is 352 g/mol. The van der Waals surface area contributed by atoms with Crippen LogP contribution in [-0.2, 0) is 6.42 Å². The molecule has 0 fully saturated rings. The maximum Gasteiger partial charge on any atom is 0.168 e. The SMILES string of the molecule is CCNC(Cc1cccc(OC)c1F)c1ccc(Br)cc1. The Kier molecular flexibility index (Phi) is 5.76. The van der Waals surface area contributed by atoms with Crippen molar-refractivity contribution < 1.29 is 9.13 Å². The molecule has 112 valence electrons. The Bertz CT molecular complexity index is 586. The van der Waals surface area contributed by atoms with E-state index in [9.17, 15) is 4.39 Å². The van der Waals surface area contributed by atoms with Crippen LogP contribution in [0.5, 0.6) is 5.75 Å². The maximum absolute atomic E-state index is 14.3. The van der Waals surface area contributed by atoms with E-state index >= 15 is 0 Å². The molecule has 0 heterocycles. The molecular formula is C17H19BrFNO. The van der Waals surface area contributed by atoms with E-state index in [-0.39, 0.29) is 11.9 Å². The second kappa shape index (κ2) is 7.57. The van der Waals surface area contributed by atoms with Gasteiger partial charge in [-0.3, -0.25) is 0 Å². The Morgan fingerprint density at radius 1 is 1.19 bits per heavy atom. The number of halogens is 2. The van der Waals surface area contributed by atoms with Crippen LogP contribution in [0.1, 0.15) is 24.1 Å². The first-order valence-corrected chi connectivity index (χ1v) is 7.75. The third-order valence-corrected chi connectivity index (χ3v) is 3.94. The monoisotopic (exact) mass is 351 g/mol. The Morgan fingerprint density at radius 2 is 1.90 bits per heavy atom. The van der Waals surface area contributed by atoms with Crippen LogP contribution in [0.25, 0.3) is 0 Å². The summed E-state index contributed by atoms with van der Waals surface area (Å²) in [4.78, 5) is 0. The molecule has 0 bridgehead atoms. The average Bonchev–Trinajstić information content (AvgIpc) is 2.49. The minimum atomic E-state index is -0.278. The summed E-state index contributed by atoms with van der Waals surface area (Å²) in [5, 5.41) is 3.41. The van der Waals surface area contributed by atoms with Gasteiger partial charge in [0.2, 0.25) is 0 Å². The van der Waals surface area contributed by atoms with E-state index in [0.717, 1.165) is 16.6 Å². The van der Waals surface area contributed by atoms with Gasteiger partial charge in [0.1, 0.15) is 0 Å². The molecule has 2 aromatic carbocycles. The highest BCUT2D eigenvalue weighted by atomic mass is 79.9. The second-order valence-electron chi connectivity index (χ2n) is 4.80. The molecule has 0 spiro atoms. The lowest BCUT2D eigenvalue weighted by Crippen LogP contribution is -2.23. The summed E-state index contributed by atoms with van der Waals surface area (Å²) in [6.45, 7) is 2.88. The van der Waals surface area contributed by atoms with Crippen molar-refractivity contribution in [3.05, 3.63) is 63.9 Å². The fourth-order valence-electron chi connectivity index (χ4n) is 2.34. The maximum atomic E-state index is 14.3. The van der Waals surface area contributed by atoms with E-state index in [1.165, 1.54) is 7.11 Å². The number of ether oxygens (including phenoxy) is 1. The molecule has 1 N–H and O–H groups in total. The van der Waals surface area contributed by atoms with Crippen LogP contribution < -0.4 is 10.1 Å². The quantitative estimate of drug-likeness (QED) is 0.827. The first kappa shape index (κ1) is 16.0. The largest absolute Gasteiger partial charge is 0.494 e. The van der Waals surface area contributed by atoms with Crippen LogP contribution in [0, 0.1) is 5.82 Å². The van der Waals surface area contributed by atoms with Crippen LogP contribution in [0.15, 0.2) is 46.9 Å². The molecular weight excluding hydrogens is 333 g/mol. The van der Waals surface area contributed by atoms with Crippen molar-refractivity contribution in [1.29, 1.82) is 0 Å². The number of hydrogen-bond donors (Lipinski definition) is 1. The van der Waals surface area contributed by atoms with Crippen LogP contribution >= 0.6 is 15.9 Å². The van der Waals surface area contributed by atoms with Gasteiger partial charge in [-0.2, -0.15) is 0 Å². The summed E-state index contributed by atoms with van der Waals surface area (Å²) >= 11 is 3.43. The Hall–Kier alpha value is -1.39. The van der Waals surface area contributed by atoms with Crippen LogP contribution in [0.2, 0.25) is 0 Å². The predicted octanol–water partition coefficient (Wildman–Crippen LogP) is 4.49. The van der Waals surface area contributed by atoms with Gasteiger partial charge in [-0.25, -0.2) is 4.39 Å². The molecule has 1 unspecified atom stereocenters. The molecule has 0 saturated heterocycles. The molecule has 0 aliphatic rings. The molecule has 2 nitrogen and oxygen atoms in total. The Morgan fingerprint density at radius 3 is 2.52 bits per heavy atom. The minimum absolute atomic E-state index is 0.0738. The zero-order chi connectivity index (χ0) is 15.2. The van der Waals surface area contributed by atoms with Crippen molar-refractivity contribution in [3.8, 4) is 5.75 Å². The molecule has 0 aliphatic heterocycles. The third kappa shape index (κ3) is 4.05. The Labute approximate surface area is 133 Å². The molecule has 2 aromatic rings. The molecule has 0 aliphatic carbocycles. The standard InChI is InChI=1S/C17H19BrFNO/c1-3-20-15(12-7-9-14(18)10-8-12)11-13-5-4-6-16(21-2)17(13)19/h4-10,15,20H,3,11H2,1-2H3. The molecule has 0 saturated carbocycles. The second-order valence-corrected chi connectivity index (χ2v) is 5.71. The van der Waals surface area contributed by atoms with Crippen molar-refractivity contribution in [2.75, 3.05) is 13.7 Å².